The van der Waals surface area contributed by atoms with Gasteiger partial charge in [-0.25, -0.2) is 4.39 Å². The number of hydrogen-bond acceptors (Lipinski definition) is 2. The highest BCUT2D eigenvalue weighted by molar-refractivity contribution is 5.40. The molecule has 0 aliphatic carbocycles. The first-order valence-corrected chi connectivity index (χ1v) is 6.14. The van der Waals surface area contributed by atoms with Crippen LogP contribution >= 0.6 is 0 Å². The van der Waals surface area contributed by atoms with Gasteiger partial charge in [-0.05, 0) is 25.5 Å². The molecule has 0 N–H and O–H groups in total. The number of benzene rings is 1. The van der Waals surface area contributed by atoms with Crippen molar-refractivity contribution >= 4 is 0 Å². The van der Waals surface area contributed by atoms with Crippen molar-refractivity contribution in [3.05, 3.63) is 62.7 Å². The van der Waals surface area contributed by atoms with E-state index in [2.05, 4.69) is 0 Å². The van der Waals surface area contributed by atoms with Gasteiger partial charge in [0, 0.05) is 24.5 Å². The van der Waals surface area contributed by atoms with E-state index in [1.54, 1.807) is 19.2 Å². The summed E-state index contributed by atoms with van der Waals surface area (Å²) in [5.74, 6) is -0.401. The summed E-state index contributed by atoms with van der Waals surface area (Å²) in [5.41, 5.74) is -0.513. The van der Waals surface area contributed by atoms with Crippen molar-refractivity contribution in [1.82, 2.24) is 9.13 Å². The molecule has 2 aromatic rings. The third kappa shape index (κ3) is 2.36. The zero-order valence-electron chi connectivity index (χ0n) is 10.9. The van der Waals surface area contributed by atoms with Crippen molar-refractivity contribution in [2.24, 2.45) is 0 Å². The van der Waals surface area contributed by atoms with Gasteiger partial charge in [-0.15, -0.1) is 0 Å². The Hall–Kier alpha value is -2.17. The number of aromatic nitrogens is 2. The minimum atomic E-state index is -0.662. The maximum Gasteiger partial charge on any atom is 0.320 e. The predicted octanol–water partition coefficient (Wildman–Crippen LogP) is 1.86. The largest absolute Gasteiger partial charge is 0.320 e. The van der Waals surface area contributed by atoms with Crippen LogP contribution in [0, 0.1) is 12.7 Å². The predicted molar refractivity (Wildman–Crippen MR) is 71.3 cm³/mol. The summed E-state index contributed by atoms with van der Waals surface area (Å²) in [6.07, 6.45) is 3.82. The smallest absolute Gasteiger partial charge is 0.309 e. The van der Waals surface area contributed by atoms with Crippen molar-refractivity contribution < 1.29 is 4.39 Å². The number of halogens is 1. The molecular formula is C14H15FN2O2. The maximum absolute atomic E-state index is 13.5. The van der Waals surface area contributed by atoms with Gasteiger partial charge in [0.1, 0.15) is 5.82 Å². The Balaban J connectivity index is 2.65. The molecule has 0 bridgehead atoms. The standard InChI is InChI=1S/C14H15FN2O2/c1-3-7-16-8-9-17(14(19)13(16)18)12-6-4-5-11(15)10(12)2/h4-6,8-9H,3,7H2,1-2H3. The lowest BCUT2D eigenvalue weighted by Crippen LogP contribution is -2.40. The molecule has 1 aromatic heterocycles. The molecule has 1 heterocycles. The molecule has 0 amide bonds. The van der Waals surface area contributed by atoms with Crippen LogP contribution in [0.15, 0.2) is 40.2 Å². The van der Waals surface area contributed by atoms with Gasteiger partial charge >= 0.3 is 11.1 Å². The molecular weight excluding hydrogens is 247 g/mol. The van der Waals surface area contributed by atoms with Crippen molar-refractivity contribution in [2.75, 3.05) is 0 Å². The molecule has 0 unspecified atom stereocenters. The van der Waals surface area contributed by atoms with Gasteiger partial charge in [-0.2, -0.15) is 0 Å². The van der Waals surface area contributed by atoms with Crippen LogP contribution in [0.3, 0.4) is 0 Å². The molecule has 0 saturated heterocycles. The second-order valence-electron chi connectivity index (χ2n) is 4.36. The zero-order chi connectivity index (χ0) is 14.0. The van der Waals surface area contributed by atoms with Gasteiger partial charge < -0.3 is 4.57 Å². The van der Waals surface area contributed by atoms with E-state index in [0.29, 0.717) is 17.8 Å². The minimum absolute atomic E-state index is 0.345. The summed E-state index contributed by atoms with van der Waals surface area (Å²) < 4.78 is 16.1. The molecule has 0 radical (unpaired) electrons. The highest BCUT2D eigenvalue weighted by atomic mass is 19.1. The van der Waals surface area contributed by atoms with E-state index in [1.165, 1.54) is 27.5 Å². The lowest BCUT2D eigenvalue weighted by molar-refractivity contribution is 0.613. The van der Waals surface area contributed by atoms with E-state index in [9.17, 15) is 14.0 Å². The Morgan fingerprint density at radius 3 is 2.58 bits per heavy atom. The Bertz CT molecular complexity index is 716. The van der Waals surface area contributed by atoms with Gasteiger partial charge in [-0.1, -0.05) is 13.0 Å². The molecule has 19 heavy (non-hydrogen) atoms. The highest BCUT2D eigenvalue weighted by Gasteiger charge is 2.10. The summed E-state index contributed by atoms with van der Waals surface area (Å²) in [6.45, 7) is 4.00. The van der Waals surface area contributed by atoms with Crippen LogP contribution < -0.4 is 11.1 Å². The van der Waals surface area contributed by atoms with E-state index in [1.807, 2.05) is 6.92 Å². The Kier molecular flexibility index (Phi) is 3.64. The van der Waals surface area contributed by atoms with Crippen molar-refractivity contribution in [2.45, 2.75) is 26.8 Å². The topological polar surface area (TPSA) is 44.0 Å². The Labute approximate surface area is 109 Å². The molecule has 1 aromatic carbocycles. The van der Waals surface area contributed by atoms with Gasteiger partial charge in [0.05, 0.1) is 5.69 Å². The first-order chi connectivity index (χ1) is 9.06. The lowest BCUT2D eigenvalue weighted by atomic mass is 10.2. The molecule has 0 spiro atoms. The number of nitrogens with zero attached hydrogens (tertiary/aromatic N) is 2. The van der Waals surface area contributed by atoms with E-state index in [0.717, 1.165) is 6.42 Å². The number of aryl methyl sites for hydroxylation is 1. The summed E-state index contributed by atoms with van der Waals surface area (Å²) in [6, 6.07) is 4.45. The molecule has 0 aliphatic rings. The van der Waals surface area contributed by atoms with Crippen LogP contribution in [-0.2, 0) is 6.54 Å². The Morgan fingerprint density at radius 2 is 1.89 bits per heavy atom. The monoisotopic (exact) mass is 262 g/mol. The summed E-state index contributed by atoms with van der Waals surface area (Å²) in [7, 11) is 0. The average molecular weight is 262 g/mol. The van der Waals surface area contributed by atoms with Gasteiger partial charge in [-0.3, -0.25) is 14.2 Å². The van der Waals surface area contributed by atoms with Crippen molar-refractivity contribution in [1.29, 1.82) is 0 Å². The van der Waals surface area contributed by atoms with Crippen LogP contribution in [0.2, 0.25) is 0 Å². The van der Waals surface area contributed by atoms with Crippen LogP contribution in [0.25, 0.3) is 5.69 Å². The summed E-state index contributed by atoms with van der Waals surface area (Å²) >= 11 is 0. The molecule has 0 atom stereocenters. The van der Waals surface area contributed by atoms with E-state index >= 15 is 0 Å². The van der Waals surface area contributed by atoms with Gasteiger partial charge in [0.15, 0.2) is 0 Å². The molecule has 0 fully saturated rings. The van der Waals surface area contributed by atoms with Crippen LogP contribution in [0.4, 0.5) is 4.39 Å². The summed E-state index contributed by atoms with van der Waals surface area (Å²) in [4.78, 5) is 23.9. The van der Waals surface area contributed by atoms with Gasteiger partial charge in [0.2, 0.25) is 0 Å². The quantitative estimate of drug-likeness (QED) is 0.792. The second kappa shape index (κ2) is 5.22. The normalized spacial score (nSPS) is 10.7. The fourth-order valence-electron chi connectivity index (χ4n) is 1.97. The van der Waals surface area contributed by atoms with Crippen molar-refractivity contribution in [3.8, 4) is 5.69 Å². The van der Waals surface area contributed by atoms with E-state index < -0.39 is 16.9 Å². The number of hydrogen-bond donors (Lipinski definition) is 0. The van der Waals surface area contributed by atoms with Crippen LogP contribution in [0.5, 0.6) is 0 Å². The molecule has 2 rings (SSSR count). The van der Waals surface area contributed by atoms with Gasteiger partial charge in [0.25, 0.3) is 0 Å². The molecule has 5 heteroatoms. The third-order valence-corrected chi connectivity index (χ3v) is 3.02. The maximum atomic E-state index is 13.5. The third-order valence-electron chi connectivity index (χ3n) is 3.02. The average Bonchev–Trinajstić information content (AvgIpc) is 2.39. The fraction of sp³-hybridized carbons (Fsp3) is 0.286. The highest BCUT2D eigenvalue weighted by Crippen LogP contribution is 2.14. The molecule has 0 aliphatic heterocycles. The zero-order valence-corrected chi connectivity index (χ0v) is 10.9. The summed E-state index contributed by atoms with van der Waals surface area (Å²) in [5, 5.41) is 0. The second-order valence-corrected chi connectivity index (χ2v) is 4.36. The molecule has 100 valence electrons. The van der Waals surface area contributed by atoms with E-state index in [-0.39, 0.29) is 0 Å². The minimum Gasteiger partial charge on any atom is -0.309 e. The van der Waals surface area contributed by atoms with Crippen molar-refractivity contribution in [3.63, 3.8) is 0 Å². The molecule has 4 nitrogen and oxygen atoms in total. The Morgan fingerprint density at radius 1 is 1.16 bits per heavy atom. The van der Waals surface area contributed by atoms with E-state index in [4.69, 9.17) is 0 Å². The first-order valence-electron chi connectivity index (χ1n) is 6.14. The van der Waals surface area contributed by atoms with Crippen LogP contribution in [0.1, 0.15) is 18.9 Å². The lowest BCUT2D eigenvalue weighted by Gasteiger charge is -2.10. The first kappa shape index (κ1) is 13.3. The van der Waals surface area contributed by atoms with Crippen LogP contribution in [-0.4, -0.2) is 9.13 Å². The number of rotatable bonds is 3. The SMILES string of the molecule is CCCn1ccn(-c2cccc(F)c2C)c(=O)c1=O. The molecule has 0 saturated carbocycles. The fourth-order valence-corrected chi connectivity index (χ4v) is 1.97.